The van der Waals surface area contributed by atoms with Crippen LogP contribution < -0.4 is 0 Å². The fraction of sp³-hybridized carbons (Fsp3) is 0.227. The van der Waals surface area contributed by atoms with E-state index in [0.717, 1.165) is 36.5 Å². The molecule has 0 bridgehead atoms. The molecule has 1 aromatic carbocycles. The average molecular weight is 387 g/mol. The highest BCUT2D eigenvalue weighted by Gasteiger charge is 2.25. The van der Waals surface area contributed by atoms with Gasteiger partial charge in [0, 0.05) is 50.6 Å². The second-order valence-corrected chi connectivity index (χ2v) is 7.19. The molecule has 7 heteroatoms. The van der Waals surface area contributed by atoms with E-state index in [0.29, 0.717) is 24.5 Å². The summed E-state index contributed by atoms with van der Waals surface area (Å²) in [4.78, 5) is 21.5. The van der Waals surface area contributed by atoms with Gasteiger partial charge in [-0.3, -0.25) is 9.69 Å². The molecule has 1 amide bonds. The van der Waals surface area contributed by atoms with Gasteiger partial charge in [0.15, 0.2) is 11.5 Å². The molecule has 0 spiro atoms. The molecule has 1 fully saturated rings. The molecule has 4 aromatic rings. The summed E-state index contributed by atoms with van der Waals surface area (Å²) >= 11 is 0. The molecule has 1 saturated heterocycles. The third kappa shape index (κ3) is 3.52. The summed E-state index contributed by atoms with van der Waals surface area (Å²) < 4.78 is 7.49. The zero-order chi connectivity index (χ0) is 19.6. The number of carbonyl (C=O) groups excluding carboxylic acids is 1. The minimum Gasteiger partial charge on any atom is -0.355 e. The monoisotopic (exact) mass is 387 g/mol. The standard InChI is InChI=1S/C22H21N5O2/c28-22(19-14-20(29-24-19)17-6-2-1-3-7-17)26-12-10-25(11-13-26)16-18-15-23-21-8-4-5-9-27(18)21/h1-9,14-15H,10-13,16H2. The van der Waals surface area contributed by atoms with E-state index in [1.54, 1.807) is 6.07 Å². The van der Waals surface area contributed by atoms with Gasteiger partial charge in [0.1, 0.15) is 5.65 Å². The van der Waals surface area contributed by atoms with Crippen molar-refractivity contribution >= 4 is 11.6 Å². The number of imidazole rings is 1. The molecule has 4 heterocycles. The van der Waals surface area contributed by atoms with Gasteiger partial charge in [-0.05, 0) is 12.1 Å². The van der Waals surface area contributed by atoms with Crippen LogP contribution in [-0.2, 0) is 6.54 Å². The van der Waals surface area contributed by atoms with Crippen molar-refractivity contribution < 1.29 is 9.32 Å². The molecule has 7 nitrogen and oxygen atoms in total. The molecule has 0 unspecified atom stereocenters. The van der Waals surface area contributed by atoms with Crippen molar-refractivity contribution in [3.63, 3.8) is 0 Å². The molecule has 0 aliphatic carbocycles. The van der Waals surface area contributed by atoms with Gasteiger partial charge in [-0.1, -0.05) is 41.6 Å². The number of nitrogens with zero attached hydrogens (tertiary/aromatic N) is 5. The second-order valence-electron chi connectivity index (χ2n) is 7.19. The minimum atomic E-state index is -0.0783. The predicted molar refractivity (Wildman–Crippen MR) is 108 cm³/mol. The van der Waals surface area contributed by atoms with E-state index in [2.05, 4.69) is 19.4 Å². The Bertz CT molecular complexity index is 1130. The first kappa shape index (κ1) is 17.6. The Morgan fingerprint density at radius 1 is 1.00 bits per heavy atom. The van der Waals surface area contributed by atoms with Crippen molar-refractivity contribution in [1.29, 1.82) is 0 Å². The SMILES string of the molecule is O=C(c1cc(-c2ccccc2)on1)N1CCN(Cc2cnc3ccccn23)CC1. The molecule has 0 saturated carbocycles. The Kier molecular flexibility index (Phi) is 4.57. The fourth-order valence-electron chi connectivity index (χ4n) is 3.72. The van der Waals surface area contributed by atoms with Crippen LogP contribution in [0.2, 0.25) is 0 Å². The predicted octanol–water partition coefficient (Wildman–Crippen LogP) is 2.95. The van der Waals surface area contributed by atoms with Gasteiger partial charge in [0.2, 0.25) is 0 Å². The van der Waals surface area contributed by atoms with Crippen LogP contribution in [-0.4, -0.2) is 56.4 Å². The summed E-state index contributed by atoms with van der Waals surface area (Å²) in [7, 11) is 0. The number of piperazine rings is 1. The minimum absolute atomic E-state index is 0.0783. The third-order valence-electron chi connectivity index (χ3n) is 5.33. The Morgan fingerprint density at radius 3 is 2.62 bits per heavy atom. The number of benzene rings is 1. The van der Waals surface area contributed by atoms with Crippen LogP contribution in [0.4, 0.5) is 0 Å². The number of carbonyl (C=O) groups is 1. The van der Waals surface area contributed by atoms with Crippen molar-refractivity contribution in [2.45, 2.75) is 6.54 Å². The largest absolute Gasteiger partial charge is 0.355 e. The highest BCUT2D eigenvalue weighted by atomic mass is 16.5. The lowest BCUT2D eigenvalue weighted by atomic mass is 10.1. The fourth-order valence-corrected chi connectivity index (χ4v) is 3.72. The first-order valence-corrected chi connectivity index (χ1v) is 9.73. The lowest BCUT2D eigenvalue weighted by Crippen LogP contribution is -2.48. The van der Waals surface area contributed by atoms with E-state index >= 15 is 0 Å². The smallest absolute Gasteiger partial charge is 0.276 e. The van der Waals surface area contributed by atoms with Gasteiger partial charge in [-0.15, -0.1) is 0 Å². The number of hydrogen-bond acceptors (Lipinski definition) is 5. The number of pyridine rings is 1. The molecular formula is C22H21N5O2. The van der Waals surface area contributed by atoms with Crippen LogP contribution in [0.15, 0.2) is 71.5 Å². The van der Waals surface area contributed by atoms with Gasteiger partial charge in [0.25, 0.3) is 5.91 Å². The summed E-state index contributed by atoms with van der Waals surface area (Å²) in [6, 6.07) is 17.4. The van der Waals surface area contributed by atoms with E-state index in [1.807, 2.05) is 65.8 Å². The van der Waals surface area contributed by atoms with Crippen molar-refractivity contribution in [3.05, 3.63) is 78.4 Å². The maximum absolute atomic E-state index is 12.8. The summed E-state index contributed by atoms with van der Waals surface area (Å²) in [5.41, 5.74) is 3.39. The van der Waals surface area contributed by atoms with Crippen molar-refractivity contribution in [1.82, 2.24) is 24.3 Å². The summed E-state index contributed by atoms with van der Waals surface area (Å²) in [5.74, 6) is 0.533. The Balaban J connectivity index is 1.22. The Morgan fingerprint density at radius 2 is 1.79 bits per heavy atom. The normalized spacial score (nSPS) is 15.1. The van der Waals surface area contributed by atoms with E-state index in [4.69, 9.17) is 4.52 Å². The van der Waals surface area contributed by atoms with E-state index in [9.17, 15) is 4.79 Å². The second kappa shape index (κ2) is 7.52. The molecule has 5 rings (SSSR count). The van der Waals surface area contributed by atoms with Gasteiger partial charge in [-0.25, -0.2) is 4.98 Å². The third-order valence-corrected chi connectivity index (χ3v) is 5.33. The highest BCUT2D eigenvalue weighted by molar-refractivity contribution is 5.93. The maximum Gasteiger partial charge on any atom is 0.276 e. The molecule has 146 valence electrons. The molecule has 1 aliphatic heterocycles. The van der Waals surface area contributed by atoms with Crippen molar-refractivity contribution in [2.24, 2.45) is 0 Å². The first-order valence-electron chi connectivity index (χ1n) is 9.73. The van der Waals surface area contributed by atoms with E-state index in [1.165, 1.54) is 0 Å². The van der Waals surface area contributed by atoms with Crippen LogP contribution in [0, 0.1) is 0 Å². The average Bonchev–Trinajstić information content (AvgIpc) is 3.43. The number of rotatable bonds is 4. The topological polar surface area (TPSA) is 66.9 Å². The number of amides is 1. The summed E-state index contributed by atoms with van der Waals surface area (Å²) in [6.07, 6.45) is 3.96. The Hall–Kier alpha value is -3.45. The van der Waals surface area contributed by atoms with Crippen LogP contribution in [0.25, 0.3) is 17.0 Å². The zero-order valence-corrected chi connectivity index (χ0v) is 15.9. The number of aromatic nitrogens is 3. The zero-order valence-electron chi connectivity index (χ0n) is 15.9. The quantitative estimate of drug-likeness (QED) is 0.539. The number of hydrogen-bond donors (Lipinski definition) is 0. The molecular weight excluding hydrogens is 366 g/mol. The molecule has 1 aliphatic rings. The lowest BCUT2D eigenvalue weighted by Gasteiger charge is -2.34. The van der Waals surface area contributed by atoms with Crippen LogP contribution in [0.3, 0.4) is 0 Å². The molecule has 0 radical (unpaired) electrons. The molecule has 0 N–H and O–H groups in total. The van der Waals surface area contributed by atoms with Crippen LogP contribution in [0.5, 0.6) is 0 Å². The van der Waals surface area contributed by atoms with E-state index < -0.39 is 0 Å². The van der Waals surface area contributed by atoms with Crippen molar-refractivity contribution in [3.8, 4) is 11.3 Å². The van der Waals surface area contributed by atoms with Gasteiger partial charge < -0.3 is 13.8 Å². The summed E-state index contributed by atoms with van der Waals surface area (Å²) in [6.45, 7) is 3.78. The van der Waals surface area contributed by atoms with E-state index in [-0.39, 0.29) is 5.91 Å². The lowest BCUT2D eigenvalue weighted by molar-refractivity contribution is 0.0617. The number of fused-ring (bicyclic) bond motifs is 1. The first-order chi connectivity index (χ1) is 14.3. The molecule has 0 atom stereocenters. The van der Waals surface area contributed by atoms with Gasteiger partial charge >= 0.3 is 0 Å². The van der Waals surface area contributed by atoms with Gasteiger partial charge in [0.05, 0.1) is 11.9 Å². The molecule has 29 heavy (non-hydrogen) atoms. The van der Waals surface area contributed by atoms with Crippen LogP contribution in [0.1, 0.15) is 16.2 Å². The molecule has 3 aromatic heterocycles. The maximum atomic E-state index is 12.8. The van der Waals surface area contributed by atoms with Gasteiger partial charge in [-0.2, -0.15) is 0 Å². The Labute approximate surface area is 168 Å². The summed E-state index contributed by atoms with van der Waals surface area (Å²) in [5, 5.41) is 3.99. The van der Waals surface area contributed by atoms with Crippen LogP contribution >= 0.6 is 0 Å². The highest BCUT2D eigenvalue weighted by Crippen LogP contribution is 2.21. The van der Waals surface area contributed by atoms with Crippen molar-refractivity contribution in [2.75, 3.05) is 26.2 Å².